The first-order chi connectivity index (χ1) is 8.54. The van der Waals surface area contributed by atoms with Crippen LogP contribution in [0.1, 0.15) is 20.8 Å². The van der Waals surface area contributed by atoms with E-state index in [4.69, 9.17) is 9.94 Å². The molecule has 0 aliphatic rings. The number of nitrogens with one attached hydrogen (secondary N) is 1. The highest BCUT2D eigenvalue weighted by atomic mass is 16.8. The number of hydrogen-bond acceptors (Lipinski definition) is 4. The SMILES string of the molecule is C=C\C(=C/C=C(C)/C(C)=C/C=C(\C)OC)ONO. The molecule has 0 spiro atoms. The Morgan fingerprint density at radius 1 is 1.06 bits per heavy atom. The lowest BCUT2D eigenvalue weighted by Gasteiger charge is -2.02. The van der Waals surface area contributed by atoms with Gasteiger partial charge in [0.05, 0.1) is 12.9 Å². The fraction of sp³-hybridized carbons (Fsp3) is 0.286. The van der Waals surface area contributed by atoms with Crippen molar-refractivity contribution in [1.29, 1.82) is 0 Å². The Labute approximate surface area is 109 Å². The summed E-state index contributed by atoms with van der Waals surface area (Å²) in [6, 6.07) is 0. The average molecular weight is 251 g/mol. The molecular weight excluding hydrogens is 230 g/mol. The molecule has 0 aliphatic heterocycles. The Morgan fingerprint density at radius 2 is 1.61 bits per heavy atom. The van der Waals surface area contributed by atoms with E-state index >= 15 is 0 Å². The second-order valence-electron chi connectivity index (χ2n) is 3.65. The van der Waals surface area contributed by atoms with Gasteiger partial charge in [-0.05, 0) is 55.8 Å². The normalized spacial score (nSPS) is 14.5. The smallest absolute Gasteiger partial charge is 0.149 e. The third-order valence-corrected chi connectivity index (χ3v) is 2.37. The van der Waals surface area contributed by atoms with Gasteiger partial charge in [-0.3, -0.25) is 5.21 Å². The summed E-state index contributed by atoms with van der Waals surface area (Å²) in [5.74, 6) is 1.27. The maximum atomic E-state index is 8.40. The van der Waals surface area contributed by atoms with Crippen LogP contribution in [0, 0.1) is 0 Å². The summed E-state index contributed by atoms with van der Waals surface area (Å²) in [6.07, 6.45) is 8.93. The first-order valence-electron chi connectivity index (χ1n) is 5.51. The average Bonchev–Trinajstić information content (AvgIpc) is 2.39. The van der Waals surface area contributed by atoms with Gasteiger partial charge in [-0.15, -0.1) is 0 Å². The first-order valence-corrected chi connectivity index (χ1v) is 5.51. The summed E-state index contributed by atoms with van der Waals surface area (Å²) in [5, 5.41) is 8.40. The lowest BCUT2D eigenvalue weighted by atomic mass is 10.1. The van der Waals surface area contributed by atoms with Crippen LogP contribution in [0.15, 0.2) is 59.6 Å². The number of methoxy groups -OCH3 is 1. The first kappa shape index (κ1) is 16.2. The Hall–Kier alpha value is -1.78. The molecule has 18 heavy (non-hydrogen) atoms. The summed E-state index contributed by atoms with van der Waals surface area (Å²) in [5.41, 5.74) is 3.78. The molecule has 0 aromatic rings. The van der Waals surface area contributed by atoms with Crippen LogP contribution in [0.2, 0.25) is 0 Å². The zero-order valence-corrected chi connectivity index (χ0v) is 11.4. The maximum Gasteiger partial charge on any atom is 0.149 e. The molecule has 0 rings (SSSR count). The molecule has 0 fully saturated rings. The fourth-order valence-corrected chi connectivity index (χ4v) is 0.977. The molecule has 0 aliphatic carbocycles. The van der Waals surface area contributed by atoms with E-state index in [0.29, 0.717) is 5.76 Å². The van der Waals surface area contributed by atoms with Gasteiger partial charge in [0.2, 0.25) is 0 Å². The predicted octanol–water partition coefficient (Wildman–Crippen LogP) is 3.41. The topological polar surface area (TPSA) is 50.7 Å². The molecule has 0 unspecified atom stereocenters. The lowest BCUT2D eigenvalue weighted by molar-refractivity contribution is -0.0880. The lowest BCUT2D eigenvalue weighted by Crippen LogP contribution is -2.06. The van der Waals surface area contributed by atoms with Gasteiger partial charge < -0.3 is 9.57 Å². The number of rotatable bonds is 7. The van der Waals surface area contributed by atoms with E-state index in [9.17, 15) is 0 Å². The number of allylic oxidation sites excluding steroid dienone is 8. The second-order valence-corrected chi connectivity index (χ2v) is 3.65. The fourth-order valence-electron chi connectivity index (χ4n) is 0.977. The number of hydrogen-bond donors (Lipinski definition) is 2. The van der Waals surface area contributed by atoms with E-state index < -0.39 is 0 Å². The molecule has 0 amide bonds. The van der Waals surface area contributed by atoms with Crippen molar-refractivity contribution in [2.24, 2.45) is 0 Å². The van der Waals surface area contributed by atoms with E-state index in [1.54, 1.807) is 18.8 Å². The summed E-state index contributed by atoms with van der Waals surface area (Å²) in [7, 11) is 1.63. The van der Waals surface area contributed by atoms with Gasteiger partial charge in [-0.2, -0.15) is 0 Å². The van der Waals surface area contributed by atoms with E-state index in [-0.39, 0.29) is 0 Å². The van der Waals surface area contributed by atoms with Crippen LogP contribution in [0.4, 0.5) is 0 Å². The third-order valence-electron chi connectivity index (χ3n) is 2.37. The minimum Gasteiger partial charge on any atom is -0.501 e. The van der Waals surface area contributed by atoms with Gasteiger partial charge in [0.1, 0.15) is 5.76 Å². The van der Waals surface area contributed by atoms with Crippen LogP contribution >= 0.6 is 0 Å². The van der Waals surface area contributed by atoms with Gasteiger partial charge in [0, 0.05) is 0 Å². The molecule has 0 saturated carbocycles. The Kier molecular flexibility index (Phi) is 8.35. The van der Waals surface area contributed by atoms with Crippen LogP contribution in [0.3, 0.4) is 0 Å². The molecule has 0 bridgehead atoms. The molecular formula is C14H21NO3. The second kappa shape index (κ2) is 9.27. The quantitative estimate of drug-likeness (QED) is 0.413. The summed E-state index contributed by atoms with van der Waals surface area (Å²) >= 11 is 0. The van der Waals surface area contributed by atoms with Crippen LogP contribution < -0.4 is 5.64 Å². The van der Waals surface area contributed by atoms with Crippen molar-refractivity contribution >= 4 is 0 Å². The highest BCUT2D eigenvalue weighted by Gasteiger charge is 1.93. The minimum absolute atomic E-state index is 0.424. The van der Waals surface area contributed by atoms with Crippen molar-refractivity contribution < 1.29 is 14.8 Å². The van der Waals surface area contributed by atoms with Crippen LogP contribution in [0.5, 0.6) is 0 Å². The Balaban J connectivity index is 4.82. The van der Waals surface area contributed by atoms with Crippen LogP contribution in [-0.2, 0) is 9.57 Å². The highest BCUT2D eigenvalue weighted by Crippen LogP contribution is 2.10. The largest absolute Gasteiger partial charge is 0.501 e. The molecule has 2 N–H and O–H groups in total. The van der Waals surface area contributed by atoms with Crippen molar-refractivity contribution in [2.45, 2.75) is 20.8 Å². The van der Waals surface area contributed by atoms with E-state index in [1.165, 1.54) is 6.08 Å². The number of ether oxygens (including phenoxy) is 1. The molecule has 0 aromatic carbocycles. The Morgan fingerprint density at radius 3 is 2.06 bits per heavy atom. The van der Waals surface area contributed by atoms with E-state index in [1.807, 2.05) is 39.0 Å². The highest BCUT2D eigenvalue weighted by molar-refractivity contribution is 5.34. The molecule has 4 nitrogen and oxygen atoms in total. The molecule has 0 saturated heterocycles. The summed E-state index contributed by atoms with van der Waals surface area (Å²) < 4.78 is 5.04. The molecule has 4 heteroatoms. The van der Waals surface area contributed by atoms with Gasteiger partial charge in [0.25, 0.3) is 0 Å². The van der Waals surface area contributed by atoms with Gasteiger partial charge in [0.15, 0.2) is 0 Å². The van der Waals surface area contributed by atoms with Gasteiger partial charge in [-0.1, -0.05) is 18.7 Å². The van der Waals surface area contributed by atoms with Gasteiger partial charge >= 0.3 is 0 Å². The van der Waals surface area contributed by atoms with Crippen molar-refractivity contribution in [3.8, 4) is 0 Å². The molecule has 0 radical (unpaired) electrons. The molecule has 0 aromatic heterocycles. The minimum atomic E-state index is 0.424. The van der Waals surface area contributed by atoms with Crippen molar-refractivity contribution in [3.63, 3.8) is 0 Å². The summed E-state index contributed by atoms with van der Waals surface area (Å²) in [4.78, 5) is 4.69. The molecule has 100 valence electrons. The van der Waals surface area contributed by atoms with Crippen LogP contribution in [0.25, 0.3) is 0 Å². The summed E-state index contributed by atoms with van der Waals surface area (Å²) in [6.45, 7) is 9.42. The Bertz CT molecular complexity index is 390. The predicted molar refractivity (Wildman–Crippen MR) is 72.6 cm³/mol. The van der Waals surface area contributed by atoms with Crippen molar-refractivity contribution in [1.82, 2.24) is 5.64 Å². The monoisotopic (exact) mass is 251 g/mol. The van der Waals surface area contributed by atoms with Crippen molar-refractivity contribution in [2.75, 3.05) is 7.11 Å². The zero-order chi connectivity index (χ0) is 14.0. The maximum absolute atomic E-state index is 8.40. The third kappa shape index (κ3) is 6.73. The van der Waals surface area contributed by atoms with E-state index in [2.05, 4.69) is 11.4 Å². The van der Waals surface area contributed by atoms with Gasteiger partial charge in [-0.25, -0.2) is 0 Å². The zero-order valence-electron chi connectivity index (χ0n) is 11.4. The van der Waals surface area contributed by atoms with Crippen molar-refractivity contribution in [3.05, 3.63) is 59.6 Å². The van der Waals surface area contributed by atoms with Crippen LogP contribution in [-0.4, -0.2) is 12.3 Å². The molecule has 0 heterocycles. The molecule has 0 atom stereocenters. The standard InChI is InChI=1S/C14H21NO3/c1-6-14(18-15-16)10-8-12(3)11(2)7-9-13(4)17-5/h6-10,15-16H,1H2,2-5H3/b11-7+,12-8+,13-9+,14-10+. The van der Waals surface area contributed by atoms with E-state index in [0.717, 1.165) is 16.9 Å².